The van der Waals surface area contributed by atoms with Crippen LogP contribution >= 0.6 is 15.9 Å². The summed E-state index contributed by atoms with van der Waals surface area (Å²) in [5.74, 6) is 0.760. The molecular weight excluding hydrogens is 354 g/mol. The number of aliphatic hydroxyl groups excluding tert-OH is 1. The van der Waals surface area contributed by atoms with Gasteiger partial charge >= 0.3 is 0 Å². The van der Waals surface area contributed by atoms with E-state index in [1.807, 2.05) is 6.20 Å². The normalized spacial score (nSPS) is 27.9. The van der Waals surface area contributed by atoms with E-state index in [9.17, 15) is 5.11 Å². The lowest BCUT2D eigenvalue weighted by molar-refractivity contribution is 0.0997. The lowest BCUT2D eigenvalue weighted by Crippen LogP contribution is -2.36. The Balaban J connectivity index is 1.37. The second-order valence-corrected chi connectivity index (χ2v) is 8.07. The van der Waals surface area contributed by atoms with Gasteiger partial charge in [-0.05, 0) is 40.8 Å². The maximum atomic E-state index is 10.3. The summed E-state index contributed by atoms with van der Waals surface area (Å²) < 4.78 is 2.74. The SMILES string of the molecule is Cc1ccc([C@]23C[C@H]2CN(CC(O)Cn2cc(Br)cn2)C3)cc1. The van der Waals surface area contributed by atoms with Crippen molar-refractivity contribution >= 4 is 15.9 Å². The van der Waals surface area contributed by atoms with Crippen molar-refractivity contribution in [3.8, 4) is 0 Å². The number of aliphatic hydroxyl groups is 1. The molecule has 122 valence electrons. The molecule has 1 aromatic carbocycles. The third-order valence-electron chi connectivity index (χ3n) is 5.31. The van der Waals surface area contributed by atoms with Crippen LogP contribution in [0.25, 0.3) is 0 Å². The van der Waals surface area contributed by atoms with Crippen LogP contribution in [0, 0.1) is 12.8 Å². The maximum absolute atomic E-state index is 10.3. The molecule has 0 amide bonds. The minimum absolute atomic E-state index is 0.349. The minimum atomic E-state index is -0.380. The molecule has 1 aromatic heterocycles. The number of halogens is 1. The van der Waals surface area contributed by atoms with E-state index >= 15 is 0 Å². The Labute approximate surface area is 145 Å². The predicted octanol–water partition coefficient (Wildman–Crippen LogP) is 2.59. The van der Waals surface area contributed by atoms with Crippen molar-refractivity contribution in [2.24, 2.45) is 5.92 Å². The van der Waals surface area contributed by atoms with E-state index in [4.69, 9.17) is 0 Å². The first kappa shape index (κ1) is 15.4. The third-order valence-corrected chi connectivity index (χ3v) is 5.72. The monoisotopic (exact) mass is 375 g/mol. The molecule has 5 heteroatoms. The van der Waals surface area contributed by atoms with Crippen LogP contribution in [0.15, 0.2) is 41.1 Å². The number of aromatic nitrogens is 2. The lowest BCUT2D eigenvalue weighted by Gasteiger charge is -2.23. The van der Waals surface area contributed by atoms with Gasteiger partial charge in [-0.25, -0.2) is 0 Å². The number of likely N-dealkylation sites (tertiary alicyclic amines) is 1. The molecular formula is C18H22BrN3O. The summed E-state index contributed by atoms with van der Waals surface area (Å²) in [6.07, 6.45) is 4.58. The average Bonchev–Trinajstić information content (AvgIpc) is 2.85. The molecule has 1 aliphatic heterocycles. The molecule has 1 N–H and O–H groups in total. The summed E-state index contributed by atoms with van der Waals surface area (Å²) >= 11 is 3.39. The van der Waals surface area contributed by atoms with Crippen LogP contribution in [0.5, 0.6) is 0 Å². The van der Waals surface area contributed by atoms with Crippen LogP contribution in [-0.4, -0.2) is 45.5 Å². The molecule has 1 unspecified atom stereocenters. The van der Waals surface area contributed by atoms with E-state index in [-0.39, 0.29) is 6.10 Å². The Morgan fingerprint density at radius 3 is 2.83 bits per heavy atom. The molecule has 2 fully saturated rings. The van der Waals surface area contributed by atoms with E-state index in [1.165, 1.54) is 17.5 Å². The highest BCUT2D eigenvalue weighted by Gasteiger charge is 2.60. The topological polar surface area (TPSA) is 41.3 Å². The standard InChI is InChI=1S/C18H22BrN3O/c1-13-2-4-14(5-3-13)18-6-15(18)8-21(12-18)10-17(23)11-22-9-16(19)7-20-22/h2-5,7,9,15,17,23H,6,8,10-12H2,1H3/t15-,17?,18+/m0/s1. The van der Waals surface area contributed by atoms with Gasteiger partial charge in [-0.1, -0.05) is 29.8 Å². The largest absolute Gasteiger partial charge is 0.390 e. The molecule has 1 saturated heterocycles. The minimum Gasteiger partial charge on any atom is -0.390 e. The smallest absolute Gasteiger partial charge is 0.0862 e. The Morgan fingerprint density at radius 2 is 2.13 bits per heavy atom. The average molecular weight is 376 g/mol. The van der Waals surface area contributed by atoms with Crippen molar-refractivity contribution in [3.63, 3.8) is 0 Å². The highest BCUT2D eigenvalue weighted by molar-refractivity contribution is 9.10. The van der Waals surface area contributed by atoms with Gasteiger partial charge in [0, 0.05) is 31.2 Å². The molecule has 0 spiro atoms. The maximum Gasteiger partial charge on any atom is 0.0862 e. The molecule has 1 aliphatic carbocycles. The number of rotatable bonds is 5. The zero-order chi connectivity index (χ0) is 16.0. The summed E-state index contributed by atoms with van der Waals surface area (Å²) in [4.78, 5) is 2.41. The number of β-amino-alcohol motifs (C(OH)–C–C–N with tert-alkyl or cyclic N) is 1. The zero-order valence-corrected chi connectivity index (χ0v) is 14.9. The first-order chi connectivity index (χ1) is 11.0. The lowest BCUT2D eigenvalue weighted by atomic mass is 9.94. The van der Waals surface area contributed by atoms with Gasteiger partial charge in [0.15, 0.2) is 0 Å². The first-order valence-corrected chi connectivity index (χ1v) is 9.00. The Bertz CT molecular complexity index is 699. The van der Waals surface area contributed by atoms with E-state index in [0.29, 0.717) is 12.0 Å². The number of piperidine rings is 1. The van der Waals surface area contributed by atoms with Gasteiger partial charge in [0.1, 0.15) is 0 Å². The number of hydrogen-bond acceptors (Lipinski definition) is 3. The molecule has 1 saturated carbocycles. The van der Waals surface area contributed by atoms with Crippen molar-refractivity contribution < 1.29 is 5.11 Å². The fourth-order valence-electron chi connectivity index (χ4n) is 4.07. The van der Waals surface area contributed by atoms with Gasteiger partial charge in [0.2, 0.25) is 0 Å². The summed E-state index contributed by atoms with van der Waals surface area (Å²) in [6, 6.07) is 9.01. The zero-order valence-electron chi connectivity index (χ0n) is 13.3. The molecule has 0 radical (unpaired) electrons. The summed E-state index contributed by atoms with van der Waals surface area (Å²) in [6.45, 7) is 5.58. The summed E-state index contributed by atoms with van der Waals surface area (Å²) in [7, 11) is 0. The fourth-order valence-corrected chi connectivity index (χ4v) is 4.40. The Hall–Kier alpha value is -1.17. The molecule has 0 bridgehead atoms. The van der Waals surface area contributed by atoms with Crippen LogP contribution in [0.4, 0.5) is 0 Å². The van der Waals surface area contributed by atoms with E-state index in [2.05, 4.69) is 57.1 Å². The number of fused-ring (bicyclic) bond motifs is 1. The molecule has 2 aliphatic rings. The molecule has 3 atom stereocenters. The van der Waals surface area contributed by atoms with Crippen LogP contribution in [0.2, 0.25) is 0 Å². The van der Waals surface area contributed by atoms with Crippen LogP contribution < -0.4 is 0 Å². The Morgan fingerprint density at radius 1 is 1.35 bits per heavy atom. The molecule has 4 nitrogen and oxygen atoms in total. The third kappa shape index (κ3) is 2.97. The highest BCUT2D eigenvalue weighted by Crippen LogP contribution is 2.58. The fraction of sp³-hybridized carbons (Fsp3) is 0.500. The summed E-state index contributed by atoms with van der Waals surface area (Å²) in [5.41, 5.74) is 3.14. The predicted molar refractivity (Wildman–Crippen MR) is 93.3 cm³/mol. The van der Waals surface area contributed by atoms with E-state index < -0.39 is 0 Å². The molecule has 4 rings (SSSR count). The number of aryl methyl sites for hydroxylation is 1. The van der Waals surface area contributed by atoms with Crippen molar-refractivity contribution in [2.45, 2.75) is 31.4 Å². The number of hydrogen-bond donors (Lipinski definition) is 1. The van der Waals surface area contributed by atoms with Gasteiger partial charge in [-0.2, -0.15) is 5.10 Å². The molecule has 2 aromatic rings. The van der Waals surface area contributed by atoms with E-state index in [1.54, 1.807) is 10.9 Å². The van der Waals surface area contributed by atoms with Crippen molar-refractivity contribution in [3.05, 3.63) is 52.3 Å². The highest BCUT2D eigenvalue weighted by atomic mass is 79.9. The van der Waals surface area contributed by atoms with Gasteiger partial charge in [0.25, 0.3) is 0 Å². The summed E-state index contributed by atoms with van der Waals surface area (Å²) in [5, 5.41) is 14.6. The van der Waals surface area contributed by atoms with Gasteiger partial charge in [-0.15, -0.1) is 0 Å². The molecule has 2 heterocycles. The van der Waals surface area contributed by atoms with E-state index in [0.717, 1.165) is 30.0 Å². The second kappa shape index (κ2) is 5.72. The second-order valence-electron chi connectivity index (χ2n) is 7.15. The van der Waals surface area contributed by atoms with Crippen molar-refractivity contribution in [2.75, 3.05) is 19.6 Å². The number of nitrogens with zero attached hydrogens (tertiary/aromatic N) is 3. The number of benzene rings is 1. The van der Waals surface area contributed by atoms with Gasteiger partial charge in [0.05, 0.1) is 23.3 Å². The Kier molecular flexibility index (Phi) is 3.82. The van der Waals surface area contributed by atoms with Crippen LogP contribution in [0.1, 0.15) is 17.5 Å². The van der Waals surface area contributed by atoms with Gasteiger partial charge in [-0.3, -0.25) is 9.58 Å². The van der Waals surface area contributed by atoms with Crippen molar-refractivity contribution in [1.29, 1.82) is 0 Å². The van der Waals surface area contributed by atoms with Crippen LogP contribution in [-0.2, 0) is 12.0 Å². The van der Waals surface area contributed by atoms with Crippen LogP contribution in [0.3, 0.4) is 0 Å². The molecule has 23 heavy (non-hydrogen) atoms. The van der Waals surface area contributed by atoms with Crippen molar-refractivity contribution in [1.82, 2.24) is 14.7 Å². The first-order valence-electron chi connectivity index (χ1n) is 8.21. The quantitative estimate of drug-likeness (QED) is 0.872. The van der Waals surface area contributed by atoms with Gasteiger partial charge < -0.3 is 5.11 Å².